The lowest BCUT2D eigenvalue weighted by atomic mass is 9.93. The van der Waals surface area contributed by atoms with E-state index in [1.807, 2.05) is 25.1 Å². The number of nitrogens with zero attached hydrogens (tertiary/aromatic N) is 1. The Bertz CT molecular complexity index is 1110. The lowest BCUT2D eigenvalue weighted by Gasteiger charge is -2.32. The van der Waals surface area contributed by atoms with Gasteiger partial charge in [-0.3, -0.25) is 9.59 Å². The van der Waals surface area contributed by atoms with Crippen molar-refractivity contribution in [2.45, 2.75) is 51.8 Å². The molecular formula is C27H33N3O6. The molecule has 1 fully saturated rings. The molecular weight excluding hydrogens is 462 g/mol. The molecule has 9 nitrogen and oxygen atoms in total. The van der Waals surface area contributed by atoms with E-state index in [9.17, 15) is 19.2 Å². The lowest BCUT2D eigenvalue weighted by molar-refractivity contribution is -0.164. The number of esters is 2. The SMILES string of the molecule is COC(=O)C1CC(C(=O)OC(C)(C)C)N(C(=O)CNC(=O)Nc2cccc(C)c2)C1c1ccccc1. The van der Waals surface area contributed by atoms with E-state index in [4.69, 9.17) is 9.47 Å². The second kappa shape index (κ2) is 11.2. The van der Waals surface area contributed by atoms with E-state index in [-0.39, 0.29) is 13.0 Å². The molecule has 3 rings (SSSR count). The normalized spacial score (nSPS) is 19.4. The first-order valence-corrected chi connectivity index (χ1v) is 11.8. The Morgan fingerprint density at radius 2 is 1.69 bits per heavy atom. The van der Waals surface area contributed by atoms with Crippen molar-refractivity contribution in [2.24, 2.45) is 5.92 Å². The van der Waals surface area contributed by atoms with Crippen molar-refractivity contribution in [3.63, 3.8) is 0 Å². The van der Waals surface area contributed by atoms with Crippen LogP contribution in [0.4, 0.5) is 10.5 Å². The van der Waals surface area contributed by atoms with Crippen LogP contribution in [0.2, 0.25) is 0 Å². The number of likely N-dealkylation sites (tertiary alicyclic amines) is 1. The minimum Gasteiger partial charge on any atom is -0.469 e. The number of urea groups is 1. The molecule has 0 radical (unpaired) electrons. The molecule has 3 atom stereocenters. The van der Waals surface area contributed by atoms with E-state index in [0.717, 1.165) is 5.56 Å². The molecule has 0 spiro atoms. The molecule has 1 aliphatic heterocycles. The highest BCUT2D eigenvalue weighted by Gasteiger charge is 2.51. The standard InChI is InChI=1S/C27H33N3O6/c1-17-10-9-13-19(14-17)29-26(34)28-16-22(31)30-21(25(33)36-27(2,3)4)15-20(24(32)35-5)23(30)18-11-7-6-8-12-18/h6-14,20-21,23H,15-16H2,1-5H3,(H2,28,29,34). The molecule has 3 unspecified atom stereocenters. The van der Waals surface area contributed by atoms with Crippen molar-refractivity contribution in [3.8, 4) is 0 Å². The summed E-state index contributed by atoms with van der Waals surface area (Å²) in [5, 5.41) is 5.24. The first-order valence-electron chi connectivity index (χ1n) is 11.8. The van der Waals surface area contributed by atoms with Crippen LogP contribution in [0.1, 0.15) is 44.4 Å². The van der Waals surface area contributed by atoms with Crippen LogP contribution in [0.3, 0.4) is 0 Å². The highest BCUT2D eigenvalue weighted by molar-refractivity contribution is 5.94. The third-order valence-electron chi connectivity index (χ3n) is 5.78. The fourth-order valence-corrected chi connectivity index (χ4v) is 4.34. The Kier molecular flexibility index (Phi) is 8.34. The van der Waals surface area contributed by atoms with Gasteiger partial charge in [0.25, 0.3) is 0 Å². The Morgan fingerprint density at radius 3 is 2.31 bits per heavy atom. The van der Waals surface area contributed by atoms with Gasteiger partial charge >= 0.3 is 18.0 Å². The van der Waals surface area contributed by atoms with Crippen LogP contribution in [-0.2, 0) is 23.9 Å². The zero-order valence-corrected chi connectivity index (χ0v) is 21.2. The number of carbonyl (C=O) groups is 4. The molecule has 3 amide bonds. The monoisotopic (exact) mass is 495 g/mol. The van der Waals surface area contributed by atoms with Gasteiger partial charge in [0.2, 0.25) is 5.91 Å². The van der Waals surface area contributed by atoms with Crippen LogP contribution in [0.5, 0.6) is 0 Å². The number of methoxy groups -OCH3 is 1. The minimum absolute atomic E-state index is 0.0440. The number of rotatable bonds is 6. The third kappa shape index (κ3) is 6.62. The van der Waals surface area contributed by atoms with Crippen LogP contribution < -0.4 is 10.6 Å². The molecule has 2 N–H and O–H groups in total. The van der Waals surface area contributed by atoms with Gasteiger partial charge in [-0.05, 0) is 57.4 Å². The molecule has 1 aliphatic rings. The van der Waals surface area contributed by atoms with Gasteiger partial charge in [-0.15, -0.1) is 0 Å². The van der Waals surface area contributed by atoms with E-state index < -0.39 is 47.5 Å². The van der Waals surface area contributed by atoms with E-state index in [2.05, 4.69) is 10.6 Å². The molecule has 0 bridgehead atoms. The smallest absolute Gasteiger partial charge is 0.329 e. The van der Waals surface area contributed by atoms with E-state index in [1.165, 1.54) is 12.0 Å². The van der Waals surface area contributed by atoms with Crippen molar-refractivity contribution >= 4 is 29.6 Å². The molecule has 0 aliphatic carbocycles. The minimum atomic E-state index is -1.02. The number of aryl methyl sites for hydroxylation is 1. The molecule has 9 heteroatoms. The zero-order chi connectivity index (χ0) is 26.5. The summed E-state index contributed by atoms with van der Waals surface area (Å²) in [7, 11) is 1.27. The first-order chi connectivity index (χ1) is 17.0. The fraction of sp³-hybridized carbons (Fsp3) is 0.407. The Balaban J connectivity index is 1.86. The van der Waals surface area contributed by atoms with Gasteiger partial charge in [-0.2, -0.15) is 0 Å². The van der Waals surface area contributed by atoms with E-state index in [1.54, 1.807) is 57.2 Å². The summed E-state index contributed by atoms with van der Waals surface area (Å²) in [6, 6.07) is 13.9. The molecule has 36 heavy (non-hydrogen) atoms. The number of carbonyl (C=O) groups excluding carboxylic acids is 4. The fourth-order valence-electron chi connectivity index (χ4n) is 4.34. The predicted molar refractivity (Wildman–Crippen MR) is 134 cm³/mol. The largest absolute Gasteiger partial charge is 0.469 e. The summed E-state index contributed by atoms with van der Waals surface area (Å²) in [5.41, 5.74) is 1.45. The van der Waals surface area contributed by atoms with Gasteiger partial charge < -0.3 is 25.0 Å². The summed E-state index contributed by atoms with van der Waals surface area (Å²) in [4.78, 5) is 53.2. The number of benzene rings is 2. The van der Waals surface area contributed by atoms with Crippen LogP contribution in [0.25, 0.3) is 0 Å². The van der Waals surface area contributed by atoms with Crippen molar-refractivity contribution in [3.05, 3.63) is 65.7 Å². The van der Waals surface area contributed by atoms with Gasteiger partial charge in [0, 0.05) is 5.69 Å². The summed E-state index contributed by atoms with van der Waals surface area (Å²) in [5.74, 6) is -2.45. The quantitative estimate of drug-likeness (QED) is 0.592. The molecule has 2 aromatic rings. The topological polar surface area (TPSA) is 114 Å². The number of hydrogen-bond donors (Lipinski definition) is 2. The number of hydrogen-bond acceptors (Lipinski definition) is 6. The predicted octanol–water partition coefficient (Wildman–Crippen LogP) is 3.59. The van der Waals surface area contributed by atoms with Gasteiger partial charge in [-0.1, -0.05) is 42.5 Å². The third-order valence-corrected chi connectivity index (χ3v) is 5.78. The number of amides is 3. The first kappa shape index (κ1) is 26.7. The highest BCUT2D eigenvalue weighted by atomic mass is 16.6. The van der Waals surface area contributed by atoms with Gasteiger partial charge in [0.1, 0.15) is 11.6 Å². The van der Waals surface area contributed by atoms with Crippen LogP contribution in [-0.4, -0.2) is 54.1 Å². The summed E-state index contributed by atoms with van der Waals surface area (Å²) >= 11 is 0. The average molecular weight is 496 g/mol. The maximum atomic E-state index is 13.5. The highest BCUT2D eigenvalue weighted by Crippen LogP contribution is 2.42. The van der Waals surface area contributed by atoms with Crippen LogP contribution in [0.15, 0.2) is 54.6 Å². The lowest BCUT2D eigenvalue weighted by Crippen LogP contribution is -2.48. The maximum Gasteiger partial charge on any atom is 0.329 e. The average Bonchev–Trinajstić information content (AvgIpc) is 3.22. The van der Waals surface area contributed by atoms with Crippen molar-refractivity contribution in [1.29, 1.82) is 0 Å². The zero-order valence-electron chi connectivity index (χ0n) is 21.2. The summed E-state index contributed by atoms with van der Waals surface area (Å²) in [6.45, 7) is 6.72. The molecule has 1 saturated heterocycles. The van der Waals surface area contributed by atoms with E-state index in [0.29, 0.717) is 11.3 Å². The molecule has 2 aromatic carbocycles. The van der Waals surface area contributed by atoms with Gasteiger partial charge in [-0.25, -0.2) is 9.59 Å². The van der Waals surface area contributed by atoms with Crippen molar-refractivity contribution < 1.29 is 28.7 Å². The van der Waals surface area contributed by atoms with Crippen molar-refractivity contribution in [1.82, 2.24) is 10.2 Å². The van der Waals surface area contributed by atoms with E-state index >= 15 is 0 Å². The molecule has 0 saturated carbocycles. The number of anilines is 1. The van der Waals surface area contributed by atoms with Crippen LogP contribution in [0, 0.1) is 12.8 Å². The van der Waals surface area contributed by atoms with Crippen molar-refractivity contribution in [2.75, 3.05) is 19.0 Å². The second-order valence-electron chi connectivity index (χ2n) is 9.75. The molecule has 0 aromatic heterocycles. The Hall–Kier alpha value is -3.88. The second-order valence-corrected chi connectivity index (χ2v) is 9.75. The summed E-state index contributed by atoms with van der Waals surface area (Å²) < 4.78 is 10.6. The molecule has 1 heterocycles. The maximum absolute atomic E-state index is 13.5. The van der Waals surface area contributed by atoms with Gasteiger partial charge in [0.15, 0.2) is 0 Å². The van der Waals surface area contributed by atoms with Gasteiger partial charge in [0.05, 0.1) is 25.6 Å². The summed E-state index contributed by atoms with van der Waals surface area (Å²) in [6.07, 6.45) is 0.0440. The number of nitrogens with one attached hydrogen (secondary N) is 2. The number of ether oxygens (including phenoxy) is 2. The Labute approximate surface area is 211 Å². The Morgan fingerprint density at radius 1 is 1.00 bits per heavy atom. The molecule has 192 valence electrons. The van der Waals surface area contributed by atoms with Crippen LogP contribution >= 0.6 is 0 Å².